The molecule has 0 aliphatic carbocycles. The molecule has 0 aliphatic heterocycles. The van der Waals surface area contributed by atoms with Gasteiger partial charge in [0.05, 0.1) is 6.61 Å². The zero-order valence-electron chi connectivity index (χ0n) is 8.32. The number of hydrogen-bond donors (Lipinski definition) is 2. The summed E-state index contributed by atoms with van der Waals surface area (Å²) in [5.74, 6) is 0.855. The largest absolute Gasteiger partial charge is 0.493 e. The van der Waals surface area contributed by atoms with Gasteiger partial charge in [0.25, 0.3) is 0 Å². The van der Waals surface area contributed by atoms with E-state index >= 15 is 0 Å². The number of thiol groups is 2. The number of ether oxygens (including phenoxy) is 1. The maximum atomic E-state index is 5.49. The summed E-state index contributed by atoms with van der Waals surface area (Å²) in [4.78, 5) is 0.820. The highest BCUT2D eigenvalue weighted by Crippen LogP contribution is 2.29. The van der Waals surface area contributed by atoms with Gasteiger partial charge in [0.15, 0.2) is 0 Å². The standard InChI is InChI=1S/C11H14OS2/c1-3-12-10-5-4-8(2)6-9(10)11(14)7-13/h4-7,13-14H,3H2,1-2H3. The fraction of sp³-hybridized carbons (Fsp3) is 0.273. The van der Waals surface area contributed by atoms with E-state index in [1.54, 1.807) is 5.41 Å². The van der Waals surface area contributed by atoms with Crippen molar-refractivity contribution in [3.8, 4) is 5.75 Å². The maximum Gasteiger partial charge on any atom is 0.127 e. The quantitative estimate of drug-likeness (QED) is 0.749. The third-order valence-corrected chi connectivity index (χ3v) is 2.67. The van der Waals surface area contributed by atoms with Gasteiger partial charge in [0, 0.05) is 10.5 Å². The SMILES string of the molecule is CCOc1ccc(C)cc1C(S)=CS. The zero-order valence-corrected chi connectivity index (χ0v) is 10.1. The fourth-order valence-electron chi connectivity index (χ4n) is 1.19. The first-order valence-corrected chi connectivity index (χ1v) is 5.42. The van der Waals surface area contributed by atoms with E-state index in [2.05, 4.69) is 25.3 Å². The molecule has 0 aliphatic rings. The van der Waals surface area contributed by atoms with Crippen LogP contribution < -0.4 is 4.74 Å². The molecule has 1 aromatic carbocycles. The molecular formula is C11H14OS2. The fourth-order valence-corrected chi connectivity index (χ4v) is 1.51. The van der Waals surface area contributed by atoms with Crippen LogP contribution in [0.2, 0.25) is 0 Å². The van der Waals surface area contributed by atoms with Crippen LogP contribution in [-0.2, 0) is 0 Å². The maximum absolute atomic E-state index is 5.49. The average molecular weight is 226 g/mol. The molecule has 0 saturated carbocycles. The van der Waals surface area contributed by atoms with Gasteiger partial charge in [-0.15, -0.1) is 12.6 Å². The first kappa shape index (κ1) is 11.5. The third-order valence-electron chi connectivity index (χ3n) is 1.83. The van der Waals surface area contributed by atoms with Crippen LogP contribution in [0.4, 0.5) is 0 Å². The monoisotopic (exact) mass is 226 g/mol. The molecule has 0 unspecified atom stereocenters. The van der Waals surface area contributed by atoms with Crippen molar-refractivity contribution in [1.82, 2.24) is 0 Å². The van der Waals surface area contributed by atoms with Crippen molar-refractivity contribution in [2.75, 3.05) is 6.61 Å². The van der Waals surface area contributed by atoms with E-state index < -0.39 is 0 Å². The van der Waals surface area contributed by atoms with E-state index in [1.807, 2.05) is 32.0 Å². The van der Waals surface area contributed by atoms with E-state index in [9.17, 15) is 0 Å². The van der Waals surface area contributed by atoms with Crippen LogP contribution >= 0.6 is 25.3 Å². The topological polar surface area (TPSA) is 9.23 Å². The second kappa shape index (κ2) is 5.37. The van der Waals surface area contributed by atoms with Gasteiger partial charge in [-0.2, -0.15) is 12.6 Å². The Morgan fingerprint density at radius 3 is 2.79 bits per heavy atom. The molecule has 3 heteroatoms. The Hall–Kier alpha value is -0.540. The summed E-state index contributed by atoms with van der Waals surface area (Å²) in [6.45, 7) is 4.66. The normalized spacial score (nSPS) is 11.6. The van der Waals surface area contributed by atoms with Gasteiger partial charge in [0.2, 0.25) is 0 Å². The molecule has 0 N–H and O–H groups in total. The van der Waals surface area contributed by atoms with Crippen LogP contribution in [0.1, 0.15) is 18.1 Å². The lowest BCUT2D eigenvalue weighted by molar-refractivity contribution is 0.339. The lowest BCUT2D eigenvalue weighted by Gasteiger charge is -2.10. The molecule has 0 spiro atoms. The molecule has 76 valence electrons. The second-order valence-electron chi connectivity index (χ2n) is 2.95. The van der Waals surface area contributed by atoms with Crippen molar-refractivity contribution in [2.45, 2.75) is 13.8 Å². The molecule has 0 radical (unpaired) electrons. The molecule has 0 saturated heterocycles. The Kier molecular flexibility index (Phi) is 4.42. The van der Waals surface area contributed by atoms with E-state index in [0.29, 0.717) is 6.61 Å². The summed E-state index contributed by atoms with van der Waals surface area (Å²) in [5, 5.41) is 1.67. The van der Waals surface area contributed by atoms with Crippen LogP contribution in [0.25, 0.3) is 4.91 Å². The highest BCUT2D eigenvalue weighted by atomic mass is 32.1. The minimum absolute atomic E-state index is 0.656. The number of aryl methyl sites for hydroxylation is 1. The number of benzene rings is 1. The van der Waals surface area contributed by atoms with Gasteiger partial charge in [-0.1, -0.05) is 11.6 Å². The van der Waals surface area contributed by atoms with Gasteiger partial charge in [-0.3, -0.25) is 0 Å². The van der Waals surface area contributed by atoms with Crippen molar-refractivity contribution < 1.29 is 4.74 Å². The predicted octanol–water partition coefficient (Wildman–Crippen LogP) is 3.55. The molecule has 0 atom stereocenters. The first-order valence-electron chi connectivity index (χ1n) is 4.46. The molecule has 0 bridgehead atoms. The van der Waals surface area contributed by atoms with Gasteiger partial charge in [-0.25, -0.2) is 0 Å². The van der Waals surface area contributed by atoms with Crippen molar-refractivity contribution in [3.63, 3.8) is 0 Å². The van der Waals surface area contributed by atoms with Gasteiger partial charge in [-0.05, 0) is 31.4 Å². The van der Waals surface area contributed by atoms with Crippen LogP contribution in [0.15, 0.2) is 23.6 Å². The summed E-state index contributed by atoms with van der Waals surface area (Å²) in [6.07, 6.45) is 0. The van der Waals surface area contributed by atoms with Crippen molar-refractivity contribution >= 4 is 30.2 Å². The number of hydrogen-bond acceptors (Lipinski definition) is 3. The van der Waals surface area contributed by atoms with Crippen LogP contribution in [-0.4, -0.2) is 6.61 Å². The minimum Gasteiger partial charge on any atom is -0.493 e. The minimum atomic E-state index is 0.656. The summed E-state index contributed by atoms with van der Waals surface area (Å²) in [6, 6.07) is 6.02. The van der Waals surface area contributed by atoms with E-state index in [1.165, 1.54) is 5.56 Å². The zero-order chi connectivity index (χ0) is 10.6. The molecule has 1 aromatic rings. The Morgan fingerprint density at radius 2 is 2.21 bits per heavy atom. The van der Waals surface area contributed by atoms with Crippen LogP contribution in [0, 0.1) is 6.92 Å². The van der Waals surface area contributed by atoms with Crippen molar-refractivity contribution in [1.29, 1.82) is 0 Å². The van der Waals surface area contributed by atoms with E-state index in [4.69, 9.17) is 4.74 Å². The first-order chi connectivity index (χ1) is 6.69. The second-order valence-corrected chi connectivity index (χ2v) is 3.69. The summed E-state index contributed by atoms with van der Waals surface area (Å²) in [7, 11) is 0. The van der Waals surface area contributed by atoms with Crippen molar-refractivity contribution in [2.24, 2.45) is 0 Å². The third kappa shape index (κ3) is 2.72. The summed E-state index contributed by atoms with van der Waals surface area (Å²) in [5.41, 5.74) is 2.18. The highest BCUT2D eigenvalue weighted by Gasteiger charge is 2.05. The molecule has 1 nitrogen and oxygen atoms in total. The van der Waals surface area contributed by atoms with Crippen LogP contribution in [0.3, 0.4) is 0 Å². The van der Waals surface area contributed by atoms with Crippen LogP contribution in [0.5, 0.6) is 5.75 Å². The van der Waals surface area contributed by atoms with Gasteiger partial charge >= 0.3 is 0 Å². The van der Waals surface area contributed by atoms with E-state index in [-0.39, 0.29) is 0 Å². The van der Waals surface area contributed by atoms with Crippen molar-refractivity contribution in [3.05, 3.63) is 34.7 Å². The predicted molar refractivity (Wildman–Crippen MR) is 68.3 cm³/mol. The molecule has 14 heavy (non-hydrogen) atoms. The smallest absolute Gasteiger partial charge is 0.127 e. The number of rotatable bonds is 3. The molecule has 0 heterocycles. The Bertz CT molecular complexity index is 345. The summed E-state index contributed by atoms with van der Waals surface area (Å²) < 4.78 is 5.49. The molecule has 0 aromatic heterocycles. The lowest BCUT2D eigenvalue weighted by Crippen LogP contribution is -1.95. The Labute approximate surface area is 96.0 Å². The Balaban J connectivity index is 3.15. The van der Waals surface area contributed by atoms with E-state index in [0.717, 1.165) is 16.2 Å². The average Bonchev–Trinajstić information content (AvgIpc) is 2.20. The van der Waals surface area contributed by atoms with Gasteiger partial charge < -0.3 is 4.74 Å². The molecular weight excluding hydrogens is 212 g/mol. The van der Waals surface area contributed by atoms with Gasteiger partial charge in [0.1, 0.15) is 5.75 Å². The highest BCUT2D eigenvalue weighted by molar-refractivity contribution is 7.92. The lowest BCUT2D eigenvalue weighted by atomic mass is 10.1. The molecule has 0 amide bonds. The molecule has 1 rings (SSSR count). The Morgan fingerprint density at radius 1 is 1.50 bits per heavy atom. The molecule has 0 fully saturated rings. The summed E-state index contributed by atoms with van der Waals surface area (Å²) >= 11 is 8.42.